The number of hydrogen-bond donors (Lipinski definition) is 1. The Kier molecular flexibility index (Phi) is 2.19. The number of aromatic nitrogens is 2. The third-order valence-corrected chi connectivity index (χ3v) is 2.42. The molecule has 0 aliphatic rings. The lowest BCUT2D eigenvalue weighted by Gasteiger charge is -1.98. The molecule has 2 aromatic heterocycles. The van der Waals surface area contributed by atoms with Crippen LogP contribution in [0.15, 0.2) is 18.5 Å². The van der Waals surface area contributed by atoms with Gasteiger partial charge in [0.25, 0.3) is 0 Å². The summed E-state index contributed by atoms with van der Waals surface area (Å²) >= 11 is 0. The number of rotatable bonds is 2. The van der Waals surface area contributed by atoms with Crippen LogP contribution in [0.3, 0.4) is 0 Å². The molecule has 2 aromatic rings. The van der Waals surface area contributed by atoms with Crippen molar-refractivity contribution >= 4 is 17.0 Å². The molecule has 0 aromatic carbocycles. The topological polar surface area (TPSA) is 55.1 Å². The summed E-state index contributed by atoms with van der Waals surface area (Å²) in [6.45, 7) is 1.99. The Morgan fingerprint density at radius 2 is 2.33 bits per heavy atom. The molecule has 0 amide bonds. The van der Waals surface area contributed by atoms with Gasteiger partial charge in [0.05, 0.1) is 6.42 Å². The number of carbonyl (C=O) groups is 1. The first-order valence-corrected chi connectivity index (χ1v) is 4.70. The zero-order chi connectivity index (χ0) is 11.0. The zero-order valence-corrected chi connectivity index (χ0v) is 8.69. The quantitative estimate of drug-likeness (QED) is 0.806. The van der Waals surface area contributed by atoms with E-state index in [9.17, 15) is 4.79 Å². The monoisotopic (exact) mass is 204 g/mol. The first kappa shape index (κ1) is 9.71. The molecule has 0 saturated carbocycles. The van der Waals surface area contributed by atoms with Gasteiger partial charge in [-0.05, 0) is 24.1 Å². The summed E-state index contributed by atoms with van der Waals surface area (Å²) in [5.41, 5.74) is 2.75. The minimum absolute atomic E-state index is 0.0251. The van der Waals surface area contributed by atoms with E-state index in [2.05, 4.69) is 4.98 Å². The molecule has 2 heterocycles. The fourth-order valence-corrected chi connectivity index (χ4v) is 1.76. The lowest BCUT2D eigenvalue weighted by molar-refractivity contribution is -0.136. The van der Waals surface area contributed by atoms with Gasteiger partial charge < -0.3 is 9.67 Å². The van der Waals surface area contributed by atoms with Crippen LogP contribution in [0.25, 0.3) is 11.0 Å². The Balaban J connectivity index is 2.55. The van der Waals surface area contributed by atoms with Crippen LogP contribution in [0, 0.1) is 6.92 Å². The number of carboxylic acid groups (broad SMARTS) is 1. The minimum Gasteiger partial charge on any atom is -0.481 e. The zero-order valence-electron chi connectivity index (χ0n) is 8.69. The van der Waals surface area contributed by atoms with Crippen LogP contribution in [0.4, 0.5) is 0 Å². The maximum atomic E-state index is 10.6. The maximum Gasteiger partial charge on any atom is 0.307 e. The molecule has 0 unspecified atom stereocenters. The van der Waals surface area contributed by atoms with E-state index in [0.29, 0.717) is 0 Å². The number of aliphatic carboxylic acids is 1. The van der Waals surface area contributed by atoms with Crippen molar-refractivity contribution < 1.29 is 9.90 Å². The molecular weight excluding hydrogens is 192 g/mol. The Morgan fingerprint density at radius 1 is 1.60 bits per heavy atom. The normalized spacial score (nSPS) is 10.8. The van der Waals surface area contributed by atoms with Crippen LogP contribution in [0.2, 0.25) is 0 Å². The second kappa shape index (κ2) is 3.38. The molecule has 0 bridgehead atoms. The van der Waals surface area contributed by atoms with E-state index >= 15 is 0 Å². The first-order valence-electron chi connectivity index (χ1n) is 4.70. The van der Waals surface area contributed by atoms with E-state index in [1.54, 1.807) is 6.20 Å². The smallest absolute Gasteiger partial charge is 0.307 e. The van der Waals surface area contributed by atoms with Crippen LogP contribution >= 0.6 is 0 Å². The van der Waals surface area contributed by atoms with Gasteiger partial charge in [0.2, 0.25) is 0 Å². The lowest BCUT2D eigenvalue weighted by atomic mass is 10.1. The van der Waals surface area contributed by atoms with Crippen molar-refractivity contribution in [2.24, 2.45) is 7.05 Å². The summed E-state index contributed by atoms with van der Waals surface area (Å²) < 4.78 is 1.94. The highest BCUT2D eigenvalue weighted by Crippen LogP contribution is 2.19. The average Bonchev–Trinajstić information content (AvgIpc) is 2.41. The molecule has 15 heavy (non-hydrogen) atoms. The van der Waals surface area contributed by atoms with Gasteiger partial charge in [-0.2, -0.15) is 0 Å². The Bertz CT molecular complexity index is 529. The largest absolute Gasteiger partial charge is 0.481 e. The van der Waals surface area contributed by atoms with Crippen LogP contribution in [0.1, 0.15) is 11.1 Å². The summed E-state index contributed by atoms with van der Waals surface area (Å²) in [6, 6.07) is 1.89. The van der Waals surface area contributed by atoms with Gasteiger partial charge in [0.1, 0.15) is 5.65 Å². The molecule has 2 rings (SSSR count). The van der Waals surface area contributed by atoms with Crippen molar-refractivity contribution in [1.82, 2.24) is 9.55 Å². The van der Waals surface area contributed by atoms with E-state index in [1.165, 1.54) is 0 Å². The number of nitrogens with zero attached hydrogens (tertiary/aromatic N) is 2. The van der Waals surface area contributed by atoms with Crippen LogP contribution in [0.5, 0.6) is 0 Å². The number of fused-ring (bicyclic) bond motifs is 1. The van der Waals surface area contributed by atoms with E-state index in [1.807, 2.05) is 30.8 Å². The van der Waals surface area contributed by atoms with Crippen molar-refractivity contribution in [1.29, 1.82) is 0 Å². The van der Waals surface area contributed by atoms with Crippen LogP contribution < -0.4 is 0 Å². The van der Waals surface area contributed by atoms with Crippen molar-refractivity contribution in [3.05, 3.63) is 29.6 Å². The van der Waals surface area contributed by atoms with Gasteiger partial charge in [0.15, 0.2) is 0 Å². The van der Waals surface area contributed by atoms with E-state index in [4.69, 9.17) is 5.11 Å². The van der Waals surface area contributed by atoms with Crippen LogP contribution in [-0.4, -0.2) is 20.6 Å². The number of hydrogen-bond acceptors (Lipinski definition) is 2. The predicted octanol–water partition coefficient (Wildman–Crippen LogP) is 1.51. The molecule has 78 valence electrons. The molecule has 0 saturated heterocycles. The first-order chi connectivity index (χ1) is 7.08. The SMILES string of the molecule is Cc1cn(C)c2ncc(CC(=O)O)cc12. The molecule has 0 atom stereocenters. The molecule has 0 radical (unpaired) electrons. The standard InChI is InChI=1S/C11H12N2O2/c1-7-6-13(2)11-9(7)3-8(5-12-11)4-10(14)15/h3,5-6H,4H2,1-2H3,(H,14,15). The third kappa shape index (κ3) is 1.70. The number of carboxylic acids is 1. The maximum absolute atomic E-state index is 10.6. The molecular formula is C11H12N2O2. The molecule has 4 nitrogen and oxygen atoms in total. The molecule has 0 fully saturated rings. The Hall–Kier alpha value is -1.84. The van der Waals surface area contributed by atoms with Crippen molar-refractivity contribution in [3.8, 4) is 0 Å². The molecule has 4 heteroatoms. The summed E-state index contributed by atoms with van der Waals surface area (Å²) in [6.07, 6.45) is 3.63. The predicted molar refractivity (Wildman–Crippen MR) is 56.8 cm³/mol. The highest BCUT2D eigenvalue weighted by molar-refractivity contribution is 5.82. The third-order valence-electron chi connectivity index (χ3n) is 2.42. The molecule has 0 spiro atoms. The van der Waals surface area contributed by atoms with E-state index < -0.39 is 5.97 Å². The van der Waals surface area contributed by atoms with E-state index in [0.717, 1.165) is 22.2 Å². The number of aryl methyl sites for hydroxylation is 2. The molecule has 0 aliphatic carbocycles. The fourth-order valence-electron chi connectivity index (χ4n) is 1.76. The van der Waals surface area contributed by atoms with Gasteiger partial charge >= 0.3 is 5.97 Å². The van der Waals surface area contributed by atoms with Crippen molar-refractivity contribution in [2.75, 3.05) is 0 Å². The van der Waals surface area contributed by atoms with Crippen molar-refractivity contribution in [3.63, 3.8) is 0 Å². The van der Waals surface area contributed by atoms with Crippen LogP contribution in [-0.2, 0) is 18.3 Å². The highest BCUT2D eigenvalue weighted by atomic mass is 16.4. The fraction of sp³-hybridized carbons (Fsp3) is 0.273. The second-order valence-corrected chi connectivity index (χ2v) is 3.71. The summed E-state index contributed by atoms with van der Waals surface area (Å²) in [7, 11) is 1.93. The van der Waals surface area contributed by atoms with Gasteiger partial charge in [-0.1, -0.05) is 0 Å². The van der Waals surface area contributed by atoms with E-state index in [-0.39, 0.29) is 6.42 Å². The summed E-state index contributed by atoms with van der Waals surface area (Å²) in [5.74, 6) is -0.829. The van der Waals surface area contributed by atoms with Gasteiger partial charge in [0, 0.05) is 24.8 Å². The summed E-state index contributed by atoms with van der Waals surface area (Å²) in [5, 5.41) is 9.70. The average molecular weight is 204 g/mol. The Morgan fingerprint density at radius 3 is 3.00 bits per heavy atom. The second-order valence-electron chi connectivity index (χ2n) is 3.71. The minimum atomic E-state index is -0.829. The summed E-state index contributed by atoms with van der Waals surface area (Å²) in [4.78, 5) is 14.8. The highest BCUT2D eigenvalue weighted by Gasteiger charge is 2.07. The van der Waals surface area contributed by atoms with Gasteiger partial charge in [-0.15, -0.1) is 0 Å². The molecule has 1 N–H and O–H groups in total. The number of pyridine rings is 1. The lowest BCUT2D eigenvalue weighted by Crippen LogP contribution is -2.00. The van der Waals surface area contributed by atoms with Gasteiger partial charge in [-0.25, -0.2) is 4.98 Å². The van der Waals surface area contributed by atoms with Gasteiger partial charge in [-0.3, -0.25) is 4.79 Å². The molecule has 0 aliphatic heterocycles. The Labute approximate surface area is 87.2 Å². The van der Waals surface area contributed by atoms with Crippen molar-refractivity contribution in [2.45, 2.75) is 13.3 Å².